The van der Waals surface area contributed by atoms with Gasteiger partial charge in [0.15, 0.2) is 0 Å². The van der Waals surface area contributed by atoms with Crippen molar-refractivity contribution < 1.29 is 9.47 Å². The molecule has 3 heteroatoms. The molecule has 0 saturated carbocycles. The van der Waals surface area contributed by atoms with E-state index in [9.17, 15) is 0 Å². The Labute approximate surface area is 110 Å². The van der Waals surface area contributed by atoms with Crippen molar-refractivity contribution >= 4 is 12.6 Å². The minimum Gasteiger partial charge on any atom is -0.493 e. The van der Waals surface area contributed by atoms with Gasteiger partial charge < -0.3 is 9.47 Å². The monoisotopic (exact) mass is 254 g/mol. The Kier molecular flexibility index (Phi) is 7.13. The Bertz CT molecular complexity index is 294. The van der Waals surface area contributed by atoms with Crippen molar-refractivity contribution in [3.8, 4) is 5.75 Å². The molecule has 0 aliphatic carbocycles. The Morgan fingerprint density at radius 2 is 1.94 bits per heavy atom. The van der Waals surface area contributed by atoms with E-state index in [1.807, 2.05) is 12.1 Å². The molecule has 0 bridgehead atoms. The number of benzene rings is 1. The van der Waals surface area contributed by atoms with Gasteiger partial charge in [0.05, 0.1) is 13.2 Å². The Morgan fingerprint density at radius 3 is 2.47 bits per heavy atom. The SMILES string of the molecule is CCC(CS)COc1ccc(CCOC)cc1. The van der Waals surface area contributed by atoms with Gasteiger partial charge in [-0.05, 0) is 36.3 Å². The maximum absolute atomic E-state index is 5.73. The van der Waals surface area contributed by atoms with Crippen molar-refractivity contribution in [2.75, 3.05) is 26.1 Å². The van der Waals surface area contributed by atoms with Crippen molar-refractivity contribution in [1.82, 2.24) is 0 Å². The molecule has 0 N–H and O–H groups in total. The largest absolute Gasteiger partial charge is 0.493 e. The molecule has 1 rings (SSSR count). The highest BCUT2D eigenvalue weighted by atomic mass is 32.1. The predicted octanol–water partition coefficient (Wildman–Crippen LogP) is 3.21. The van der Waals surface area contributed by atoms with Crippen LogP contribution in [-0.2, 0) is 11.2 Å². The first-order chi connectivity index (χ1) is 8.30. The molecule has 0 aliphatic heterocycles. The predicted molar refractivity (Wildman–Crippen MR) is 75.2 cm³/mol. The lowest BCUT2D eigenvalue weighted by Crippen LogP contribution is -2.12. The number of hydrogen-bond acceptors (Lipinski definition) is 3. The third-order valence-corrected chi connectivity index (χ3v) is 3.36. The van der Waals surface area contributed by atoms with Gasteiger partial charge in [-0.2, -0.15) is 12.6 Å². The zero-order chi connectivity index (χ0) is 12.5. The first kappa shape index (κ1) is 14.4. The van der Waals surface area contributed by atoms with E-state index in [-0.39, 0.29) is 0 Å². The molecule has 1 atom stereocenters. The summed E-state index contributed by atoms with van der Waals surface area (Å²) in [7, 11) is 1.72. The van der Waals surface area contributed by atoms with Crippen LogP contribution in [0.2, 0.25) is 0 Å². The third kappa shape index (κ3) is 5.46. The van der Waals surface area contributed by atoms with Crippen molar-refractivity contribution in [2.24, 2.45) is 5.92 Å². The number of methoxy groups -OCH3 is 1. The molecule has 1 unspecified atom stereocenters. The van der Waals surface area contributed by atoms with Crippen LogP contribution >= 0.6 is 12.6 Å². The quantitative estimate of drug-likeness (QED) is 0.718. The smallest absolute Gasteiger partial charge is 0.119 e. The van der Waals surface area contributed by atoms with Gasteiger partial charge in [0, 0.05) is 13.0 Å². The second-order valence-electron chi connectivity index (χ2n) is 4.15. The van der Waals surface area contributed by atoms with E-state index in [0.717, 1.165) is 37.6 Å². The highest BCUT2D eigenvalue weighted by Gasteiger charge is 2.04. The molecule has 0 aliphatic rings. The second-order valence-corrected chi connectivity index (χ2v) is 4.52. The van der Waals surface area contributed by atoms with Crippen molar-refractivity contribution in [2.45, 2.75) is 19.8 Å². The van der Waals surface area contributed by atoms with Gasteiger partial charge in [0.2, 0.25) is 0 Å². The minimum atomic E-state index is 0.534. The second kappa shape index (κ2) is 8.43. The molecular formula is C14H22O2S. The summed E-state index contributed by atoms with van der Waals surface area (Å²) in [5, 5.41) is 0. The summed E-state index contributed by atoms with van der Waals surface area (Å²) in [6.45, 7) is 3.67. The molecule has 0 spiro atoms. The molecule has 0 amide bonds. The topological polar surface area (TPSA) is 18.5 Å². The van der Waals surface area contributed by atoms with Gasteiger partial charge in [-0.25, -0.2) is 0 Å². The van der Waals surface area contributed by atoms with E-state index in [2.05, 4.69) is 31.7 Å². The van der Waals surface area contributed by atoms with Crippen LogP contribution in [0.1, 0.15) is 18.9 Å². The third-order valence-electron chi connectivity index (χ3n) is 2.84. The van der Waals surface area contributed by atoms with E-state index < -0.39 is 0 Å². The molecule has 0 radical (unpaired) electrons. The van der Waals surface area contributed by atoms with Crippen LogP contribution in [0, 0.1) is 5.92 Å². The van der Waals surface area contributed by atoms with Crippen LogP contribution < -0.4 is 4.74 Å². The molecule has 96 valence electrons. The normalized spacial score (nSPS) is 12.4. The Balaban J connectivity index is 2.39. The van der Waals surface area contributed by atoms with E-state index in [4.69, 9.17) is 9.47 Å². The lowest BCUT2D eigenvalue weighted by atomic mass is 10.1. The number of ether oxygens (including phenoxy) is 2. The lowest BCUT2D eigenvalue weighted by Gasteiger charge is -2.13. The Morgan fingerprint density at radius 1 is 1.24 bits per heavy atom. The van der Waals surface area contributed by atoms with Crippen molar-refractivity contribution in [1.29, 1.82) is 0 Å². The van der Waals surface area contributed by atoms with Gasteiger partial charge in [-0.3, -0.25) is 0 Å². The van der Waals surface area contributed by atoms with Crippen LogP contribution in [0.25, 0.3) is 0 Å². The number of hydrogen-bond donors (Lipinski definition) is 1. The summed E-state index contributed by atoms with van der Waals surface area (Å²) in [6, 6.07) is 8.23. The molecule has 1 aromatic rings. The number of thiol groups is 1. The maximum atomic E-state index is 5.73. The molecule has 0 heterocycles. The summed E-state index contributed by atoms with van der Waals surface area (Å²) >= 11 is 4.30. The molecule has 2 nitrogen and oxygen atoms in total. The first-order valence-corrected chi connectivity index (χ1v) is 6.75. The molecule has 0 saturated heterocycles. The van der Waals surface area contributed by atoms with Gasteiger partial charge in [0.25, 0.3) is 0 Å². The van der Waals surface area contributed by atoms with E-state index in [0.29, 0.717) is 5.92 Å². The molecular weight excluding hydrogens is 232 g/mol. The van der Waals surface area contributed by atoms with Crippen LogP contribution in [0.15, 0.2) is 24.3 Å². The van der Waals surface area contributed by atoms with Crippen LogP contribution in [0.3, 0.4) is 0 Å². The molecule has 0 fully saturated rings. The lowest BCUT2D eigenvalue weighted by molar-refractivity contribution is 0.202. The number of rotatable bonds is 8. The maximum Gasteiger partial charge on any atom is 0.119 e. The van der Waals surface area contributed by atoms with Crippen molar-refractivity contribution in [3.63, 3.8) is 0 Å². The summed E-state index contributed by atoms with van der Waals surface area (Å²) in [6.07, 6.45) is 2.06. The molecule has 17 heavy (non-hydrogen) atoms. The zero-order valence-electron chi connectivity index (χ0n) is 10.7. The fourth-order valence-electron chi connectivity index (χ4n) is 1.49. The summed E-state index contributed by atoms with van der Waals surface area (Å²) in [4.78, 5) is 0. The summed E-state index contributed by atoms with van der Waals surface area (Å²) < 4.78 is 10.8. The Hall–Kier alpha value is -0.670. The first-order valence-electron chi connectivity index (χ1n) is 6.11. The standard InChI is InChI=1S/C14H22O2S/c1-3-12(11-17)10-16-14-6-4-13(5-7-14)8-9-15-2/h4-7,12,17H,3,8-11H2,1-2H3. The average Bonchev–Trinajstić information content (AvgIpc) is 2.39. The minimum absolute atomic E-state index is 0.534. The van der Waals surface area contributed by atoms with Gasteiger partial charge in [-0.1, -0.05) is 19.1 Å². The fraction of sp³-hybridized carbons (Fsp3) is 0.571. The fourth-order valence-corrected chi connectivity index (χ4v) is 1.85. The highest BCUT2D eigenvalue weighted by molar-refractivity contribution is 7.80. The average molecular weight is 254 g/mol. The summed E-state index contributed by atoms with van der Waals surface area (Å²) in [5.41, 5.74) is 1.28. The molecule has 0 aromatic heterocycles. The van der Waals surface area contributed by atoms with E-state index in [1.165, 1.54) is 5.56 Å². The highest BCUT2D eigenvalue weighted by Crippen LogP contribution is 2.15. The van der Waals surface area contributed by atoms with E-state index >= 15 is 0 Å². The zero-order valence-corrected chi connectivity index (χ0v) is 11.6. The van der Waals surface area contributed by atoms with Gasteiger partial charge >= 0.3 is 0 Å². The van der Waals surface area contributed by atoms with Crippen LogP contribution in [0.4, 0.5) is 0 Å². The van der Waals surface area contributed by atoms with Crippen LogP contribution in [-0.4, -0.2) is 26.1 Å². The summed E-state index contributed by atoms with van der Waals surface area (Å²) in [5.74, 6) is 2.35. The molecule has 1 aromatic carbocycles. The van der Waals surface area contributed by atoms with Gasteiger partial charge in [0.1, 0.15) is 5.75 Å². The van der Waals surface area contributed by atoms with Crippen LogP contribution in [0.5, 0.6) is 5.75 Å². The van der Waals surface area contributed by atoms with E-state index in [1.54, 1.807) is 7.11 Å². The van der Waals surface area contributed by atoms with Gasteiger partial charge in [-0.15, -0.1) is 0 Å². The van der Waals surface area contributed by atoms with Crippen molar-refractivity contribution in [3.05, 3.63) is 29.8 Å².